The van der Waals surface area contributed by atoms with E-state index >= 15 is 0 Å². The molecule has 2 aromatic rings. The van der Waals surface area contributed by atoms with E-state index < -0.39 is 17.4 Å². The van der Waals surface area contributed by atoms with Crippen molar-refractivity contribution >= 4 is 18.2 Å². The van der Waals surface area contributed by atoms with Crippen LogP contribution in [-0.2, 0) is 16.1 Å². The lowest BCUT2D eigenvalue weighted by Crippen LogP contribution is -2.54. The number of amides is 1. The van der Waals surface area contributed by atoms with Gasteiger partial charge in [0.05, 0.1) is 7.11 Å². The molecule has 0 N–H and O–H groups in total. The molecule has 1 saturated heterocycles. The Kier molecular flexibility index (Phi) is 5.54. The number of methoxy groups -OCH3 is 1. The summed E-state index contributed by atoms with van der Waals surface area (Å²) in [6, 6.07) is 15.7. The van der Waals surface area contributed by atoms with Crippen LogP contribution in [0.25, 0.3) is 0 Å². The molecule has 1 amide bonds. The van der Waals surface area contributed by atoms with Crippen LogP contribution in [0.4, 0.5) is 4.79 Å². The fourth-order valence-corrected chi connectivity index (χ4v) is 3.30. The predicted molar refractivity (Wildman–Crippen MR) is 98.7 cm³/mol. The van der Waals surface area contributed by atoms with Gasteiger partial charge in [0.25, 0.3) is 0 Å². The van der Waals surface area contributed by atoms with Gasteiger partial charge in [0.2, 0.25) is 0 Å². The van der Waals surface area contributed by atoms with Gasteiger partial charge in [0.1, 0.15) is 12.4 Å². The zero-order valence-electron chi connectivity index (χ0n) is 15.1. The van der Waals surface area contributed by atoms with Gasteiger partial charge in [-0.1, -0.05) is 30.3 Å². The molecule has 6 nitrogen and oxygen atoms in total. The monoisotopic (exact) mass is 367 g/mol. The highest BCUT2D eigenvalue weighted by molar-refractivity contribution is 6.14. The van der Waals surface area contributed by atoms with Gasteiger partial charge < -0.3 is 14.3 Å². The molecule has 0 radical (unpaired) electrons. The van der Waals surface area contributed by atoms with Crippen molar-refractivity contribution in [3.8, 4) is 5.75 Å². The number of ketones is 1. The van der Waals surface area contributed by atoms with E-state index in [1.165, 1.54) is 12.0 Å². The topological polar surface area (TPSA) is 72.9 Å². The Morgan fingerprint density at radius 3 is 2.44 bits per heavy atom. The quantitative estimate of drug-likeness (QED) is 0.445. The molecule has 0 bridgehead atoms. The minimum absolute atomic E-state index is 0.0852. The fraction of sp³-hybridized carbons (Fsp3) is 0.286. The fourth-order valence-electron chi connectivity index (χ4n) is 3.30. The molecule has 0 aromatic heterocycles. The van der Waals surface area contributed by atoms with Gasteiger partial charge in [-0.2, -0.15) is 0 Å². The van der Waals surface area contributed by atoms with Crippen molar-refractivity contribution in [1.29, 1.82) is 0 Å². The number of aldehydes is 1. The molecule has 2 aromatic carbocycles. The summed E-state index contributed by atoms with van der Waals surface area (Å²) in [5.74, 6) is 0.201. The maximum atomic E-state index is 13.1. The summed E-state index contributed by atoms with van der Waals surface area (Å²) in [6.07, 6.45) is 0.740. The van der Waals surface area contributed by atoms with Crippen molar-refractivity contribution in [2.45, 2.75) is 25.0 Å². The molecule has 140 valence electrons. The van der Waals surface area contributed by atoms with Crippen molar-refractivity contribution in [1.82, 2.24) is 4.90 Å². The summed E-state index contributed by atoms with van der Waals surface area (Å²) in [4.78, 5) is 38.9. The largest absolute Gasteiger partial charge is 0.497 e. The third-order valence-electron chi connectivity index (χ3n) is 4.79. The number of carbonyl (C=O) groups excluding carboxylic acids is 3. The summed E-state index contributed by atoms with van der Waals surface area (Å²) in [7, 11) is 1.53. The number of hydrogen-bond acceptors (Lipinski definition) is 5. The number of Topliss-reactive ketones (excluding diaryl/α,β-unsaturated/α-hetero) is 1. The predicted octanol–water partition coefficient (Wildman–Crippen LogP) is 3.25. The highest BCUT2D eigenvalue weighted by Gasteiger charge is 2.50. The van der Waals surface area contributed by atoms with Crippen molar-refractivity contribution in [3.05, 3.63) is 65.7 Å². The van der Waals surface area contributed by atoms with E-state index in [0.29, 0.717) is 30.6 Å². The lowest BCUT2D eigenvalue weighted by atomic mass is 9.88. The molecule has 0 aliphatic carbocycles. The summed E-state index contributed by atoms with van der Waals surface area (Å²) < 4.78 is 10.4. The standard InChI is InChI=1S/C21H21NO5/c1-26-18-10-8-17(9-11-18)19(24)21(15-23)12-5-13-22(21)20(25)27-14-16-6-3-2-4-7-16/h2-4,6-11,15H,5,12-14H2,1H3/t21-/m0/s1. The van der Waals surface area contributed by atoms with Gasteiger partial charge in [-0.05, 0) is 42.7 Å². The van der Waals surface area contributed by atoms with Gasteiger partial charge in [0.15, 0.2) is 17.6 Å². The zero-order chi connectivity index (χ0) is 19.3. The molecule has 3 rings (SSSR count). The van der Waals surface area contributed by atoms with E-state index in [4.69, 9.17) is 9.47 Å². The van der Waals surface area contributed by atoms with Crippen LogP contribution in [0.15, 0.2) is 54.6 Å². The Balaban J connectivity index is 1.78. The van der Waals surface area contributed by atoms with Gasteiger partial charge in [-0.3, -0.25) is 9.69 Å². The molecule has 1 heterocycles. The van der Waals surface area contributed by atoms with Crippen LogP contribution in [0.1, 0.15) is 28.8 Å². The van der Waals surface area contributed by atoms with Crippen LogP contribution in [0, 0.1) is 0 Å². The van der Waals surface area contributed by atoms with E-state index in [-0.39, 0.29) is 13.0 Å². The van der Waals surface area contributed by atoms with Crippen LogP contribution in [0.3, 0.4) is 0 Å². The van der Waals surface area contributed by atoms with Crippen molar-refractivity contribution in [2.75, 3.05) is 13.7 Å². The van der Waals surface area contributed by atoms with Crippen LogP contribution >= 0.6 is 0 Å². The molecule has 0 saturated carbocycles. The van der Waals surface area contributed by atoms with Crippen LogP contribution in [0.2, 0.25) is 0 Å². The highest BCUT2D eigenvalue weighted by atomic mass is 16.6. The van der Waals surface area contributed by atoms with Gasteiger partial charge in [-0.15, -0.1) is 0 Å². The number of nitrogens with zero attached hydrogens (tertiary/aromatic N) is 1. The van der Waals surface area contributed by atoms with E-state index in [1.807, 2.05) is 30.3 Å². The molecule has 6 heteroatoms. The van der Waals surface area contributed by atoms with Gasteiger partial charge in [0, 0.05) is 12.1 Å². The second-order valence-corrected chi connectivity index (χ2v) is 6.40. The lowest BCUT2D eigenvalue weighted by Gasteiger charge is -2.31. The van der Waals surface area contributed by atoms with E-state index in [0.717, 1.165) is 5.56 Å². The van der Waals surface area contributed by atoms with Crippen LogP contribution in [0.5, 0.6) is 5.75 Å². The minimum atomic E-state index is -1.53. The first-order valence-electron chi connectivity index (χ1n) is 8.74. The Labute approximate surface area is 157 Å². The average Bonchev–Trinajstić information content (AvgIpc) is 3.17. The maximum Gasteiger partial charge on any atom is 0.411 e. The Morgan fingerprint density at radius 1 is 1.11 bits per heavy atom. The van der Waals surface area contributed by atoms with E-state index in [1.54, 1.807) is 24.3 Å². The van der Waals surface area contributed by atoms with Gasteiger partial charge in [-0.25, -0.2) is 4.79 Å². The normalized spacial score (nSPS) is 18.8. The van der Waals surface area contributed by atoms with Crippen LogP contribution < -0.4 is 4.74 Å². The Morgan fingerprint density at radius 2 is 1.81 bits per heavy atom. The molecule has 1 fully saturated rings. The molecular weight excluding hydrogens is 346 g/mol. The highest BCUT2D eigenvalue weighted by Crippen LogP contribution is 2.32. The first-order chi connectivity index (χ1) is 13.1. The second kappa shape index (κ2) is 8.03. The molecule has 1 aliphatic heterocycles. The van der Waals surface area contributed by atoms with E-state index in [9.17, 15) is 14.4 Å². The summed E-state index contributed by atoms with van der Waals surface area (Å²) >= 11 is 0. The minimum Gasteiger partial charge on any atom is -0.497 e. The number of carbonyl (C=O) groups is 3. The molecular formula is C21H21NO5. The molecule has 1 aliphatic rings. The van der Waals surface area contributed by atoms with Crippen molar-refractivity contribution < 1.29 is 23.9 Å². The number of rotatable bonds is 6. The summed E-state index contributed by atoms with van der Waals surface area (Å²) in [6.45, 7) is 0.385. The lowest BCUT2D eigenvalue weighted by molar-refractivity contribution is -0.114. The molecule has 1 atom stereocenters. The third-order valence-corrected chi connectivity index (χ3v) is 4.79. The van der Waals surface area contributed by atoms with Crippen molar-refractivity contribution in [3.63, 3.8) is 0 Å². The Bertz CT molecular complexity index is 818. The number of likely N-dealkylation sites (tertiary alicyclic amines) is 1. The zero-order valence-corrected chi connectivity index (χ0v) is 15.1. The molecule has 0 spiro atoms. The number of ether oxygens (including phenoxy) is 2. The molecule has 27 heavy (non-hydrogen) atoms. The van der Waals surface area contributed by atoms with Crippen LogP contribution in [-0.4, -0.2) is 42.3 Å². The first kappa shape index (κ1) is 18.6. The summed E-state index contributed by atoms with van der Waals surface area (Å²) in [5, 5.41) is 0. The average molecular weight is 367 g/mol. The molecule has 0 unspecified atom stereocenters. The van der Waals surface area contributed by atoms with Crippen molar-refractivity contribution in [2.24, 2.45) is 0 Å². The first-order valence-corrected chi connectivity index (χ1v) is 8.74. The third kappa shape index (κ3) is 3.69. The SMILES string of the molecule is COc1ccc(C(=O)[C@@]2(C=O)CCCN2C(=O)OCc2ccccc2)cc1. The summed E-state index contributed by atoms with van der Waals surface area (Å²) in [5.41, 5.74) is -0.337. The second-order valence-electron chi connectivity index (χ2n) is 6.40. The number of hydrogen-bond donors (Lipinski definition) is 0. The Hall–Kier alpha value is -3.15. The maximum absolute atomic E-state index is 13.1. The van der Waals surface area contributed by atoms with Gasteiger partial charge >= 0.3 is 6.09 Å². The number of benzene rings is 2. The smallest absolute Gasteiger partial charge is 0.411 e. The van der Waals surface area contributed by atoms with E-state index in [2.05, 4.69) is 0 Å².